The van der Waals surface area contributed by atoms with E-state index in [0.29, 0.717) is 5.56 Å². The molecular formula is C16H23NO2. The zero-order valence-electron chi connectivity index (χ0n) is 12.6. The number of likely N-dealkylation sites (tertiary alicyclic amines) is 1. The van der Waals surface area contributed by atoms with Crippen molar-refractivity contribution in [2.75, 3.05) is 0 Å². The third-order valence-electron chi connectivity index (χ3n) is 4.46. The van der Waals surface area contributed by atoms with Crippen LogP contribution in [-0.4, -0.2) is 27.5 Å². The van der Waals surface area contributed by atoms with E-state index in [1.165, 1.54) is 0 Å². The third kappa shape index (κ3) is 1.64. The highest BCUT2D eigenvalue weighted by atomic mass is 16.3. The summed E-state index contributed by atoms with van der Waals surface area (Å²) in [7, 11) is 0. The molecule has 0 aliphatic carbocycles. The topological polar surface area (TPSA) is 40.5 Å². The van der Waals surface area contributed by atoms with Crippen LogP contribution in [0.2, 0.25) is 0 Å². The van der Waals surface area contributed by atoms with E-state index in [2.05, 4.69) is 0 Å². The van der Waals surface area contributed by atoms with E-state index in [0.717, 1.165) is 11.1 Å². The molecule has 0 saturated carbocycles. The summed E-state index contributed by atoms with van der Waals surface area (Å²) in [5, 5.41) is 10.9. The van der Waals surface area contributed by atoms with E-state index in [1.54, 1.807) is 4.90 Å². The Balaban J connectivity index is 2.49. The Morgan fingerprint density at radius 3 is 2.16 bits per heavy atom. The van der Waals surface area contributed by atoms with E-state index in [1.807, 2.05) is 59.7 Å². The van der Waals surface area contributed by atoms with Crippen molar-refractivity contribution in [1.82, 2.24) is 4.90 Å². The molecule has 1 fully saturated rings. The molecule has 0 spiro atoms. The molecule has 0 bridgehead atoms. The van der Waals surface area contributed by atoms with Gasteiger partial charge in [0, 0.05) is 6.04 Å². The van der Waals surface area contributed by atoms with Crippen LogP contribution in [0, 0.1) is 13.8 Å². The van der Waals surface area contributed by atoms with Crippen LogP contribution in [0.25, 0.3) is 0 Å². The standard InChI is InChI=1S/C16H23NO2/c1-10(2)17-14(18)16(19,15(17,5)6)13-8-7-11(3)12(4)9-13/h7-10,19H,1-6H3/t16-/m1/s1. The molecule has 1 aromatic rings. The fourth-order valence-corrected chi connectivity index (χ4v) is 3.13. The van der Waals surface area contributed by atoms with Gasteiger partial charge in [-0.25, -0.2) is 0 Å². The smallest absolute Gasteiger partial charge is 0.262 e. The van der Waals surface area contributed by atoms with Gasteiger partial charge in [0.05, 0.1) is 5.54 Å². The maximum absolute atomic E-state index is 12.4. The molecule has 3 heteroatoms. The highest BCUT2D eigenvalue weighted by molar-refractivity contribution is 5.95. The average Bonchev–Trinajstić information content (AvgIpc) is 2.30. The summed E-state index contributed by atoms with van der Waals surface area (Å²) < 4.78 is 0. The molecule has 1 saturated heterocycles. The largest absolute Gasteiger partial charge is 0.374 e. The normalized spacial score (nSPS) is 25.7. The quantitative estimate of drug-likeness (QED) is 0.831. The van der Waals surface area contributed by atoms with Crippen LogP contribution in [0.1, 0.15) is 44.4 Å². The summed E-state index contributed by atoms with van der Waals surface area (Å²) in [6.07, 6.45) is 0. The number of aryl methyl sites for hydroxylation is 2. The van der Waals surface area contributed by atoms with Crippen LogP contribution >= 0.6 is 0 Å². The molecule has 1 aliphatic heterocycles. The Bertz CT molecular complexity index is 534. The SMILES string of the molecule is Cc1ccc([C@@]2(O)C(=O)N(C(C)C)C2(C)C)cc1C. The Morgan fingerprint density at radius 1 is 1.16 bits per heavy atom. The number of rotatable bonds is 2. The number of benzene rings is 1. The molecule has 104 valence electrons. The van der Waals surface area contributed by atoms with Crippen LogP contribution in [0.15, 0.2) is 18.2 Å². The first-order valence-electron chi connectivity index (χ1n) is 6.78. The first kappa shape index (κ1) is 14.1. The van der Waals surface area contributed by atoms with Crippen molar-refractivity contribution in [3.8, 4) is 0 Å². The van der Waals surface area contributed by atoms with Gasteiger partial charge in [-0.3, -0.25) is 4.79 Å². The van der Waals surface area contributed by atoms with Crippen molar-refractivity contribution in [1.29, 1.82) is 0 Å². The van der Waals surface area contributed by atoms with Gasteiger partial charge in [-0.05, 0) is 58.2 Å². The van der Waals surface area contributed by atoms with Crippen LogP contribution in [0.5, 0.6) is 0 Å². The predicted octanol–water partition coefficient (Wildman–Crippen LogP) is 2.52. The van der Waals surface area contributed by atoms with Gasteiger partial charge in [-0.1, -0.05) is 18.2 Å². The number of hydrogen-bond acceptors (Lipinski definition) is 2. The summed E-state index contributed by atoms with van der Waals surface area (Å²) >= 11 is 0. The Labute approximate surface area is 115 Å². The van der Waals surface area contributed by atoms with Gasteiger partial charge in [0.15, 0.2) is 5.60 Å². The van der Waals surface area contributed by atoms with Gasteiger partial charge in [0.25, 0.3) is 5.91 Å². The minimum absolute atomic E-state index is 0.0920. The lowest BCUT2D eigenvalue weighted by Crippen LogP contribution is -2.79. The fraction of sp³-hybridized carbons (Fsp3) is 0.562. The fourth-order valence-electron chi connectivity index (χ4n) is 3.13. The van der Waals surface area contributed by atoms with Gasteiger partial charge in [-0.2, -0.15) is 0 Å². The lowest BCUT2D eigenvalue weighted by molar-refractivity contribution is -0.221. The van der Waals surface area contributed by atoms with Crippen LogP contribution < -0.4 is 0 Å². The molecule has 0 aromatic heterocycles. The van der Waals surface area contributed by atoms with Crippen LogP contribution in [-0.2, 0) is 10.4 Å². The Morgan fingerprint density at radius 2 is 1.74 bits per heavy atom. The highest BCUT2D eigenvalue weighted by Gasteiger charge is 2.67. The molecule has 2 rings (SSSR count). The van der Waals surface area contributed by atoms with Crippen molar-refractivity contribution in [3.63, 3.8) is 0 Å². The van der Waals surface area contributed by atoms with Crippen LogP contribution in [0.4, 0.5) is 0 Å². The van der Waals surface area contributed by atoms with Crippen molar-refractivity contribution in [3.05, 3.63) is 34.9 Å². The second-order valence-corrected chi connectivity index (χ2v) is 6.34. The summed E-state index contributed by atoms with van der Waals surface area (Å²) in [6.45, 7) is 11.8. The Kier molecular flexibility index (Phi) is 3.01. The van der Waals surface area contributed by atoms with Gasteiger partial charge in [0.1, 0.15) is 0 Å². The zero-order chi connectivity index (χ0) is 14.6. The highest BCUT2D eigenvalue weighted by Crippen LogP contribution is 2.49. The van der Waals surface area contributed by atoms with Crippen molar-refractivity contribution < 1.29 is 9.90 Å². The van der Waals surface area contributed by atoms with Gasteiger partial charge < -0.3 is 10.0 Å². The number of nitrogens with zero attached hydrogens (tertiary/aromatic N) is 1. The molecule has 1 N–H and O–H groups in total. The van der Waals surface area contributed by atoms with E-state index < -0.39 is 11.1 Å². The lowest BCUT2D eigenvalue weighted by atomic mass is 9.66. The lowest BCUT2D eigenvalue weighted by Gasteiger charge is -2.61. The van der Waals surface area contributed by atoms with Crippen molar-refractivity contribution >= 4 is 5.91 Å². The maximum atomic E-state index is 12.4. The van der Waals surface area contributed by atoms with E-state index in [-0.39, 0.29) is 11.9 Å². The number of hydrogen-bond donors (Lipinski definition) is 1. The molecule has 0 unspecified atom stereocenters. The molecule has 1 atom stereocenters. The summed E-state index contributed by atoms with van der Waals surface area (Å²) in [5.41, 5.74) is 0.966. The minimum Gasteiger partial charge on any atom is -0.374 e. The van der Waals surface area contributed by atoms with E-state index in [9.17, 15) is 9.90 Å². The number of carbonyl (C=O) groups is 1. The monoisotopic (exact) mass is 261 g/mol. The molecule has 1 amide bonds. The Hall–Kier alpha value is -1.35. The first-order chi connectivity index (χ1) is 8.64. The van der Waals surface area contributed by atoms with E-state index in [4.69, 9.17) is 0 Å². The summed E-state index contributed by atoms with van der Waals surface area (Å²) in [6, 6.07) is 5.84. The number of carbonyl (C=O) groups excluding carboxylic acids is 1. The second kappa shape index (κ2) is 4.07. The molecule has 1 heterocycles. The van der Waals surface area contributed by atoms with Crippen LogP contribution in [0.3, 0.4) is 0 Å². The average molecular weight is 261 g/mol. The number of aliphatic hydroxyl groups is 1. The summed E-state index contributed by atoms with van der Waals surface area (Å²) in [4.78, 5) is 14.2. The van der Waals surface area contributed by atoms with Crippen molar-refractivity contribution in [2.45, 2.75) is 58.7 Å². The van der Waals surface area contributed by atoms with Gasteiger partial charge >= 0.3 is 0 Å². The molecular weight excluding hydrogens is 238 g/mol. The predicted molar refractivity (Wildman–Crippen MR) is 75.9 cm³/mol. The molecule has 19 heavy (non-hydrogen) atoms. The molecule has 1 aliphatic rings. The first-order valence-corrected chi connectivity index (χ1v) is 6.78. The van der Waals surface area contributed by atoms with Gasteiger partial charge in [-0.15, -0.1) is 0 Å². The zero-order valence-corrected chi connectivity index (χ0v) is 12.6. The third-order valence-corrected chi connectivity index (χ3v) is 4.46. The number of β-lactam (4-membered cyclic amide) rings is 1. The molecule has 3 nitrogen and oxygen atoms in total. The van der Waals surface area contributed by atoms with Gasteiger partial charge in [0.2, 0.25) is 0 Å². The maximum Gasteiger partial charge on any atom is 0.262 e. The van der Waals surface area contributed by atoms with E-state index >= 15 is 0 Å². The minimum atomic E-state index is -1.41. The van der Waals surface area contributed by atoms with Crippen molar-refractivity contribution in [2.24, 2.45) is 0 Å². The summed E-state index contributed by atoms with van der Waals surface area (Å²) in [5.74, 6) is -0.198. The second-order valence-electron chi connectivity index (χ2n) is 6.34. The number of amides is 1. The molecule has 1 aromatic carbocycles. The molecule has 0 radical (unpaired) electrons.